The Morgan fingerprint density at radius 1 is 1.19 bits per heavy atom. The number of hydrogen-bond donors (Lipinski definition) is 2. The molecule has 1 aromatic carbocycles. The van der Waals surface area contributed by atoms with Gasteiger partial charge in [-0.3, -0.25) is 9.89 Å². The van der Waals surface area contributed by atoms with E-state index in [4.69, 9.17) is 18.9 Å². The maximum Gasteiger partial charge on any atom is 0.191 e. The molecule has 2 atom stereocenters. The Morgan fingerprint density at radius 2 is 1.97 bits per heavy atom. The summed E-state index contributed by atoms with van der Waals surface area (Å²) >= 11 is 0. The summed E-state index contributed by atoms with van der Waals surface area (Å²) in [5, 5.41) is 6.94. The maximum absolute atomic E-state index is 5.72. The lowest BCUT2D eigenvalue weighted by Crippen LogP contribution is -2.44. The van der Waals surface area contributed by atoms with Gasteiger partial charge in [0.1, 0.15) is 11.5 Å². The quantitative estimate of drug-likeness (QED) is 0.186. The van der Waals surface area contributed by atoms with E-state index < -0.39 is 0 Å². The van der Waals surface area contributed by atoms with Crippen LogP contribution in [0.1, 0.15) is 31.2 Å². The number of ether oxygens (including phenoxy) is 4. The molecule has 2 aliphatic rings. The van der Waals surface area contributed by atoms with Crippen LogP contribution in [0, 0.1) is 0 Å². The zero-order valence-corrected chi connectivity index (χ0v) is 21.9. The molecule has 2 saturated heterocycles. The second-order valence-electron chi connectivity index (χ2n) is 8.15. The summed E-state index contributed by atoms with van der Waals surface area (Å²) in [6.07, 6.45) is 4.61. The fraction of sp³-hybridized carbons (Fsp3) is 0.696. The minimum atomic E-state index is 0. The van der Waals surface area contributed by atoms with Gasteiger partial charge in [-0.05, 0) is 43.4 Å². The van der Waals surface area contributed by atoms with E-state index in [2.05, 4.69) is 32.7 Å². The third kappa shape index (κ3) is 8.92. The first-order chi connectivity index (χ1) is 15.2. The number of benzene rings is 1. The normalized spacial score (nSPS) is 21.3. The van der Waals surface area contributed by atoms with Gasteiger partial charge in [0.2, 0.25) is 0 Å². The van der Waals surface area contributed by atoms with Crippen LogP contribution in [0.3, 0.4) is 0 Å². The van der Waals surface area contributed by atoms with Gasteiger partial charge in [-0.2, -0.15) is 0 Å². The number of halogens is 1. The molecule has 0 radical (unpaired) electrons. The summed E-state index contributed by atoms with van der Waals surface area (Å²) in [5.74, 6) is 2.51. The third-order valence-electron chi connectivity index (χ3n) is 5.74. The van der Waals surface area contributed by atoms with Crippen molar-refractivity contribution in [3.63, 3.8) is 0 Å². The molecule has 1 aromatic rings. The second-order valence-corrected chi connectivity index (χ2v) is 8.15. The maximum atomic E-state index is 5.72. The first kappa shape index (κ1) is 26.9. The van der Waals surface area contributed by atoms with E-state index in [1.54, 1.807) is 14.2 Å². The van der Waals surface area contributed by atoms with Crippen molar-refractivity contribution in [3.8, 4) is 11.5 Å². The molecule has 32 heavy (non-hydrogen) atoms. The minimum absolute atomic E-state index is 0. The fourth-order valence-corrected chi connectivity index (χ4v) is 4.07. The molecule has 2 unspecified atom stereocenters. The molecule has 2 N–H and O–H groups in total. The lowest BCUT2D eigenvalue weighted by atomic mass is 10.2. The van der Waals surface area contributed by atoms with Crippen molar-refractivity contribution < 1.29 is 18.9 Å². The van der Waals surface area contributed by atoms with Gasteiger partial charge in [-0.15, -0.1) is 24.0 Å². The monoisotopic (exact) mass is 562 g/mol. The van der Waals surface area contributed by atoms with Crippen LogP contribution in [-0.2, 0) is 16.0 Å². The molecule has 8 nitrogen and oxygen atoms in total. The van der Waals surface area contributed by atoms with Crippen molar-refractivity contribution in [2.75, 3.05) is 60.7 Å². The Balaban J connectivity index is 0.00000363. The molecule has 0 spiro atoms. The van der Waals surface area contributed by atoms with Gasteiger partial charge >= 0.3 is 0 Å². The summed E-state index contributed by atoms with van der Waals surface area (Å²) < 4.78 is 22.1. The topological polar surface area (TPSA) is 76.6 Å². The Kier molecular flexibility index (Phi) is 12.4. The van der Waals surface area contributed by atoms with Crippen molar-refractivity contribution in [3.05, 3.63) is 23.8 Å². The number of aliphatic imine (C=N–C) groups is 1. The second kappa shape index (κ2) is 14.8. The molecule has 0 saturated carbocycles. The van der Waals surface area contributed by atoms with Gasteiger partial charge in [0, 0.05) is 58.5 Å². The molecular formula is C23H39IN4O4. The first-order valence-electron chi connectivity index (χ1n) is 11.3. The third-order valence-corrected chi connectivity index (χ3v) is 5.74. The van der Waals surface area contributed by atoms with E-state index in [-0.39, 0.29) is 24.0 Å². The Labute approximate surface area is 209 Å². The molecule has 0 bridgehead atoms. The molecule has 0 aromatic heterocycles. The predicted molar refractivity (Wildman–Crippen MR) is 138 cm³/mol. The number of guanidine groups is 1. The minimum Gasteiger partial charge on any atom is -0.497 e. The molecule has 182 valence electrons. The summed E-state index contributed by atoms with van der Waals surface area (Å²) in [7, 11) is 5.19. The number of methoxy groups -OCH3 is 2. The van der Waals surface area contributed by atoms with Crippen LogP contribution in [0.25, 0.3) is 0 Å². The highest BCUT2D eigenvalue weighted by Crippen LogP contribution is 2.24. The smallest absolute Gasteiger partial charge is 0.191 e. The van der Waals surface area contributed by atoms with E-state index in [9.17, 15) is 0 Å². The summed E-state index contributed by atoms with van der Waals surface area (Å²) in [4.78, 5) is 6.81. The van der Waals surface area contributed by atoms with E-state index in [0.29, 0.717) is 18.8 Å². The molecular weight excluding hydrogens is 523 g/mol. The van der Waals surface area contributed by atoms with Crippen LogP contribution in [0.15, 0.2) is 23.2 Å². The van der Waals surface area contributed by atoms with Crippen LogP contribution in [0.2, 0.25) is 0 Å². The fourth-order valence-electron chi connectivity index (χ4n) is 4.07. The molecule has 0 amide bonds. The van der Waals surface area contributed by atoms with Gasteiger partial charge in [0.15, 0.2) is 5.96 Å². The number of nitrogens with one attached hydrogen (secondary N) is 2. The lowest BCUT2D eigenvalue weighted by Gasteiger charge is -2.19. The van der Waals surface area contributed by atoms with Crippen LogP contribution in [0.5, 0.6) is 11.5 Å². The zero-order chi connectivity index (χ0) is 21.9. The number of rotatable bonds is 11. The van der Waals surface area contributed by atoms with Crippen molar-refractivity contribution >= 4 is 29.9 Å². The van der Waals surface area contributed by atoms with Crippen molar-refractivity contribution in [1.29, 1.82) is 0 Å². The average Bonchev–Trinajstić information content (AvgIpc) is 3.47. The van der Waals surface area contributed by atoms with E-state index in [1.807, 2.05) is 13.1 Å². The molecule has 2 heterocycles. The van der Waals surface area contributed by atoms with Gasteiger partial charge in [-0.1, -0.05) is 0 Å². The molecule has 0 aliphatic carbocycles. The van der Waals surface area contributed by atoms with Gasteiger partial charge in [0.05, 0.1) is 26.9 Å². The Hall–Kier alpha value is -1.30. The van der Waals surface area contributed by atoms with Crippen LogP contribution >= 0.6 is 24.0 Å². The standard InChI is InChI=1S/C23H38N4O4.HI/c1-24-23(25-8-5-10-30-17-20-6-4-11-31-20)26-19-7-9-27(16-19)15-18-12-21(28-2)14-22(13-18)29-3;/h12-14,19-20H,4-11,15-17H2,1-3H3,(H2,24,25,26);1H. The van der Waals surface area contributed by atoms with E-state index >= 15 is 0 Å². The Bertz CT molecular complexity index is 678. The molecule has 3 rings (SSSR count). The largest absolute Gasteiger partial charge is 0.497 e. The Morgan fingerprint density at radius 3 is 2.62 bits per heavy atom. The number of nitrogens with zero attached hydrogens (tertiary/aromatic N) is 2. The highest BCUT2D eigenvalue weighted by molar-refractivity contribution is 14.0. The highest BCUT2D eigenvalue weighted by Gasteiger charge is 2.23. The van der Waals surface area contributed by atoms with Gasteiger partial charge < -0.3 is 29.6 Å². The van der Waals surface area contributed by atoms with E-state index in [0.717, 1.165) is 82.5 Å². The molecule has 2 fully saturated rings. The van der Waals surface area contributed by atoms with E-state index in [1.165, 1.54) is 5.56 Å². The summed E-state index contributed by atoms with van der Waals surface area (Å²) in [6.45, 7) is 6.07. The number of likely N-dealkylation sites (tertiary alicyclic amines) is 1. The lowest BCUT2D eigenvalue weighted by molar-refractivity contribution is 0.0168. The summed E-state index contributed by atoms with van der Waals surface area (Å²) in [5.41, 5.74) is 1.20. The summed E-state index contributed by atoms with van der Waals surface area (Å²) in [6, 6.07) is 6.44. The first-order valence-corrected chi connectivity index (χ1v) is 11.3. The van der Waals surface area contributed by atoms with Gasteiger partial charge in [0.25, 0.3) is 0 Å². The number of hydrogen-bond acceptors (Lipinski definition) is 6. The van der Waals surface area contributed by atoms with Crippen molar-refractivity contribution in [2.24, 2.45) is 4.99 Å². The SMILES string of the molecule is CN=C(NCCCOCC1CCCO1)NC1CCN(Cc2cc(OC)cc(OC)c2)C1.I. The highest BCUT2D eigenvalue weighted by atomic mass is 127. The van der Waals surface area contributed by atoms with Crippen LogP contribution < -0.4 is 20.1 Å². The predicted octanol–water partition coefficient (Wildman–Crippen LogP) is 2.65. The van der Waals surface area contributed by atoms with Crippen LogP contribution in [-0.4, -0.2) is 83.7 Å². The van der Waals surface area contributed by atoms with Crippen molar-refractivity contribution in [1.82, 2.24) is 15.5 Å². The average molecular weight is 562 g/mol. The zero-order valence-electron chi connectivity index (χ0n) is 19.6. The van der Waals surface area contributed by atoms with Crippen LogP contribution in [0.4, 0.5) is 0 Å². The molecule has 2 aliphatic heterocycles. The van der Waals surface area contributed by atoms with Crippen molar-refractivity contribution in [2.45, 2.75) is 44.4 Å². The molecule has 9 heteroatoms. The van der Waals surface area contributed by atoms with Gasteiger partial charge in [-0.25, -0.2) is 0 Å².